The molecule has 1 aromatic carbocycles. The fourth-order valence-corrected chi connectivity index (χ4v) is 2.19. The Morgan fingerprint density at radius 2 is 1.81 bits per heavy atom. The summed E-state index contributed by atoms with van der Waals surface area (Å²) in [6.07, 6.45) is 0.432. The van der Waals surface area contributed by atoms with Gasteiger partial charge < -0.3 is 15.2 Å². The number of pyridine rings is 1. The lowest BCUT2D eigenvalue weighted by Crippen LogP contribution is -2.33. The second-order valence-electron chi connectivity index (χ2n) is 6.56. The quantitative estimate of drug-likeness (QED) is 0.807. The number of hydrogen-bond donors (Lipinski definition) is 2. The number of rotatable bonds is 6. The maximum atomic E-state index is 12.2. The van der Waals surface area contributed by atoms with Crippen LogP contribution >= 0.6 is 0 Å². The number of hydrogen-bond acceptors (Lipinski definition) is 5. The van der Waals surface area contributed by atoms with E-state index >= 15 is 0 Å². The van der Waals surface area contributed by atoms with Crippen molar-refractivity contribution in [2.75, 3.05) is 17.3 Å². The molecule has 8 heteroatoms. The van der Waals surface area contributed by atoms with E-state index < -0.39 is 23.4 Å². The number of carbonyl (C=O) groups excluding carboxylic acids is 2. The summed E-state index contributed by atoms with van der Waals surface area (Å²) in [5.41, 5.74) is -0.0308. The Hall–Kier alpha value is -3.42. The largest absolute Gasteiger partial charge is 0.481 e. The third-order valence-electron chi connectivity index (χ3n) is 3.81. The molecule has 2 aromatic rings. The molecular formula is C19H21N3O5. The molecule has 0 bridgehead atoms. The van der Waals surface area contributed by atoms with Gasteiger partial charge in [0.1, 0.15) is 0 Å². The third kappa shape index (κ3) is 5.53. The van der Waals surface area contributed by atoms with Crippen LogP contribution < -0.4 is 15.0 Å². The zero-order valence-corrected chi connectivity index (χ0v) is 15.3. The van der Waals surface area contributed by atoms with Crippen molar-refractivity contribution in [3.05, 3.63) is 48.7 Å². The highest BCUT2D eigenvalue weighted by atomic mass is 16.6. The van der Waals surface area contributed by atoms with Crippen LogP contribution in [0.5, 0.6) is 5.88 Å². The average Bonchev–Trinajstić information content (AvgIpc) is 2.62. The van der Waals surface area contributed by atoms with Gasteiger partial charge in [-0.15, -0.1) is 0 Å². The summed E-state index contributed by atoms with van der Waals surface area (Å²) in [6.45, 7) is 3.08. The van der Waals surface area contributed by atoms with E-state index in [1.54, 1.807) is 45.2 Å². The van der Waals surface area contributed by atoms with Crippen LogP contribution in [-0.2, 0) is 9.59 Å². The Morgan fingerprint density at radius 1 is 1.15 bits per heavy atom. The second kappa shape index (κ2) is 8.31. The summed E-state index contributed by atoms with van der Waals surface area (Å²) < 4.78 is 5.20. The molecule has 0 saturated heterocycles. The normalized spacial score (nSPS) is 10.8. The minimum atomic E-state index is -1.07. The maximum absolute atomic E-state index is 12.2. The van der Waals surface area contributed by atoms with Gasteiger partial charge in [0.2, 0.25) is 11.8 Å². The topological polar surface area (TPSA) is 109 Å². The van der Waals surface area contributed by atoms with Crippen molar-refractivity contribution < 1.29 is 24.2 Å². The molecular weight excluding hydrogens is 350 g/mol. The van der Waals surface area contributed by atoms with Crippen molar-refractivity contribution in [3.63, 3.8) is 0 Å². The SMILES string of the molecule is CN(C(=O)Oc1ccc(NC(=O)C(C)(C)CC(=O)O)cn1)c1ccccc1. The summed E-state index contributed by atoms with van der Waals surface area (Å²) in [6, 6.07) is 12.0. The van der Waals surface area contributed by atoms with E-state index in [-0.39, 0.29) is 12.3 Å². The minimum absolute atomic E-state index is 0.0746. The van der Waals surface area contributed by atoms with Crippen LogP contribution in [0.4, 0.5) is 16.2 Å². The van der Waals surface area contributed by atoms with Crippen LogP contribution in [0.3, 0.4) is 0 Å². The van der Waals surface area contributed by atoms with Crippen molar-refractivity contribution in [3.8, 4) is 5.88 Å². The van der Waals surface area contributed by atoms with E-state index in [0.29, 0.717) is 11.4 Å². The number of para-hydroxylation sites is 1. The van der Waals surface area contributed by atoms with E-state index in [2.05, 4.69) is 10.3 Å². The molecule has 2 rings (SSSR count). The molecule has 2 amide bonds. The molecule has 0 aliphatic heterocycles. The number of amides is 2. The predicted molar refractivity (Wildman–Crippen MR) is 99.8 cm³/mol. The van der Waals surface area contributed by atoms with E-state index in [1.807, 2.05) is 6.07 Å². The van der Waals surface area contributed by atoms with Gasteiger partial charge in [0.05, 0.1) is 23.7 Å². The van der Waals surface area contributed by atoms with Gasteiger partial charge >= 0.3 is 12.1 Å². The number of ether oxygens (including phenoxy) is 1. The van der Waals surface area contributed by atoms with Crippen LogP contribution in [0.15, 0.2) is 48.7 Å². The van der Waals surface area contributed by atoms with E-state index in [4.69, 9.17) is 9.84 Å². The Kier molecular flexibility index (Phi) is 6.12. The highest BCUT2D eigenvalue weighted by Crippen LogP contribution is 2.23. The lowest BCUT2D eigenvalue weighted by Gasteiger charge is -2.21. The number of carboxylic acid groups (broad SMARTS) is 1. The first-order chi connectivity index (χ1) is 12.7. The number of aliphatic carboxylic acids is 1. The summed E-state index contributed by atoms with van der Waals surface area (Å²) in [5.74, 6) is -1.43. The molecule has 2 N–H and O–H groups in total. The minimum Gasteiger partial charge on any atom is -0.481 e. The number of nitrogens with one attached hydrogen (secondary N) is 1. The lowest BCUT2D eigenvalue weighted by atomic mass is 9.88. The monoisotopic (exact) mass is 371 g/mol. The first kappa shape index (κ1) is 19.9. The third-order valence-corrected chi connectivity index (χ3v) is 3.81. The molecule has 0 spiro atoms. The van der Waals surface area contributed by atoms with Crippen molar-refractivity contribution >= 4 is 29.3 Å². The molecule has 0 aliphatic carbocycles. The number of anilines is 2. The number of nitrogens with zero attached hydrogens (tertiary/aromatic N) is 2. The average molecular weight is 371 g/mol. The fourth-order valence-electron chi connectivity index (χ4n) is 2.19. The molecule has 0 aliphatic rings. The highest BCUT2D eigenvalue weighted by Gasteiger charge is 2.30. The first-order valence-electron chi connectivity index (χ1n) is 8.19. The summed E-state index contributed by atoms with van der Waals surface area (Å²) >= 11 is 0. The van der Waals surface area contributed by atoms with E-state index in [1.165, 1.54) is 23.2 Å². The second-order valence-corrected chi connectivity index (χ2v) is 6.56. The van der Waals surface area contributed by atoms with Gasteiger partial charge in [0.25, 0.3) is 0 Å². The summed E-state index contributed by atoms with van der Waals surface area (Å²) in [4.78, 5) is 40.5. The van der Waals surface area contributed by atoms with E-state index in [0.717, 1.165) is 0 Å². The molecule has 0 radical (unpaired) electrons. The van der Waals surface area contributed by atoms with Crippen molar-refractivity contribution in [1.29, 1.82) is 0 Å². The number of carbonyl (C=O) groups is 3. The molecule has 27 heavy (non-hydrogen) atoms. The lowest BCUT2D eigenvalue weighted by molar-refractivity contribution is -0.142. The highest BCUT2D eigenvalue weighted by molar-refractivity contribution is 5.96. The van der Waals surface area contributed by atoms with E-state index in [9.17, 15) is 14.4 Å². The maximum Gasteiger partial charge on any atom is 0.420 e. The molecule has 8 nitrogen and oxygen atoms in total. The summed E-state index contributed by atoms with van der Waals surface area (Å²) in [7, 11) is 1.58. The van der Waals surface area contributed by atoms with Crippen molar-refractivity contribution in [2.45, 2.75) is 20.3 Å². The van der Waals surface area contributed by atoms with Gasteiger partial charge in [0, 0.05) is 18.8 Å². The van der Waals surface area contributed by atoms with Gasteiger partial charge in [-0.25, -0.2) is 9.78 Å². The van der Waals surface area contributed by atoms with Gasteiger partial charge in [0.15, 0.2) is 0 Å². The first-order valence-corrected chi connectivity index (χ1v) is 8.19. The van der Waals surface area contributed by atoms with Crippen molar-refractivity contribution in [1.82, 2.24) is 4.98 Å². The van der Waals surface area contributed by atoms with Gasteiger partial charge in [-0.1, -0.05) is 32.0 Å². The van der Waals surface area contributed by atoms with Gasteiger partial charge in [-0.3, -0.25) is 14.5 Å². The van der Waals surface area contributed by atoms with Gasteiger partial charge in [-0.05, 0) is 18.2 Å². The molecule has 0 fully saturated rings. The number of aromatic nitrogens is 1. The fraction of sp³-hybridized carbons (Fsp3) is 0.263. The molecule has 0 saturated carbocycles. The molecule has 0 unspecified atom stereocenters. The Bertz CT molecular complexity index is 819. The van der Waals surface area contributed by atoms with Crippen LogP contribution in [0.25, 0.3) is 0 Å². The zero-order valence-electron chi connectivity index (χ0n) is 15.3. The van der Waals surface area contributed by atoms with Gasteiger partial charge in [-0.2, -0.15) is 0 Å². The Morgan fingerprint density at radius 3 is 2.37 bits per heavy atom. The Balaban J connectivity index is 1.98. The van der Waals surface area contributed by atoms with Crippen LogP contribution in [0.1, 0.15) is 20.3 Å². The molecule has 0 atom stereocenters. The number of carboxylic acids is 1. The smallest absolute Gasteiger partial charge is 0.420 e. The summed E-state index contributed by atoms with van der Waals surface area (Å²) in [5, 5.41) is 11.5. The molecule has 1 aromatic heterocycles. The van der Waals surface area contributed by atoms with Crippen LogP contribution in [0.2, 0.25) is 0 Å². The van der Waals surface area contributed by atoms with Crippen molar-refractivity contribution in [2.24, 2.45) is 5.41 Å². The molecule has 1 heterocycles. The Labute approximate surface area is 156 Å². The zero-order chi connectivity index (χ0) is 20.0. The van der Waals surface area contributed by atoms with Crippen LogP contribution in [-0.4, -0.2) is 35.1 Å². The predicted octanol–water partition coefficient (Wildman–Crippen LogP) is 3.16. The molecule has 142 valence electrons. The standard InChI is InChI=1S/C19H21N3O5/c1-19(2,11-16(23)24)17(25)21-13-9-10-15(20-12-13)27-18(26)22(3)14-7-5-4-6-8-14/h4-10,12H,11H2,1-3H3,(H,21,25)(H,23,24). The number of benzene rings is 1. The van der Waals surface area contributed by atoms with Crippen LogP contribution in [0, 0.1) is 5.41 Å².